The second-order valence-corrected chi connectivity index (χ2v) is 5.02. The van der Waals surface area contributed by atoms with Crippen LogP contribution in [0.5, 0.6) is 0 Å². The summed E-state index contributed by atoms with van der Waals surface area (Å²) in [4.78, 5) is 12.0. The molecule has 1 aliphatic heterocycles. The summed E-state index contributed by atoms with van der Waals surface area (Å²) in [5.41, 5.74) is 1.87. The smallest absolute Gasteiger partial charge is 0.312 e. The van der Waals surface area contributed by atoms with Gasteiger partial charge in [-0.15, -0.1) is 0 Å². The van der Waals surface area contributed by atoms with Crippen molar-refractivity contribution in [2.75, 3.05) is 19.0 Å². The van der Waals surface area contributed by atoms with E-state index < -0.39 is 5.41 Å². The van der Waals surface area contributed by atoms with Crippen molar-refractivity contribution in [3.05, 3.63) is 29.8 Å². The summed E-state index contributed by atoms with van der Waals surface area (Å²) in [6.07, 6.45) is 0.726. The molecule has 0 fully saturated rings. The molecular formula is C14H19NO2. The lowest BCUT2D eigenvalue weighted by atomic mass is 9.74. The van der Waals surface area contributed by atoms with E-state index >= 15 is 0 Å². The largest absolute Gasteiger partial charge is 0.469 e. The van der Waals surface area contributed by atoms with Crippen molar-refractivity contribution in [1.29, 1.82) is 0 Å². The lowest BCUT2D eigenvalue weighted by Gasteiger charge is -2.30. The lowest BCUT2D eigenvalue weighted by molar-refractivity contribution is -0.154. The van der Waals surface area contributed by atoms with Crippen molar-refractivity contribution in [3.63, 3.8) is 0 Å². The van der Waals surface area contributed by atoms with Gasteiger partial charge in [0.2, 0.25) is 0 Å². The molecular weight excluding hydrogens is 214 g/mol. The number of hydrogen-bond acceptors (Lipinski definition) is 3. The minimum absolute atomic E-state index is 0.122. The van der Waals surface area contributed by atoms with Gasteiger partial charge in [-0.3, -0.25) is 4.79 Å². The Labute approximate surface area is 102 Å². The Morgan fingerprint density at radius 3 is 2.88 bits per heavy atom. The molecule has 0 bridgehead atoms. The van der Waals surface area contributed by atoms with Gasteiger partial charge in [0.1, 0.15) is 0 Å². The average molecular weight is 233 g/mol. The predicted octanol–water partition coefficient (Wildman–Crippen LogP) is 2.47. The van der Waals surface area contributed by atoms with E-state index in [0.717, 1.165) is 18.7 Å². The Hall–Kier alpha value is -1.51. The molecule has 2 atom stereocenters. The Morgan fingerprint density at radius 1 is 1.47 bits per heavy atom. The Morgan fingerprint density at radius 2 is 2.18 bits per heavy atom. The fraction of sp³-hybridized carbons (Fsp3) is 0.500. The van der Waals surface area contributed by atoms with E-state index in [0.29, 0.717) is 0 Å². The van der Waals surface area contributed by atoms with E-state index in [4.69, 9.17) is 4.74 Å². The number of anilines is 1. The zero-order valence-electron chi connectivity index (χ0n) is 10.6. The fourth-order valence-corrected chi connectivity index (χ4v) is 2.41. The number of carbonyl (C=O) groups excluding carboxylic acids is 1. The summed E-state index contributed by atoms with van der Waals surface area (Å²) in [5, 5.41) is 3.40. The highest BCUT2D eigenvalue weighted by Gasteiger charge is 2.41. The first-order valence-corrected chi connectivity index (χ1v) is 5.98. The van der Waals surface area contributed by atoms with Gasteiger partial charge in [-0.05, 0) is 30.9 Å². The van der Waals surface area contributed by atoms with Gasteiger partial charge in [-0.1, -0.05) is 25.1 Å². The van der Waals surface area contributed by atoms with Crippen LogP contribution in [0, 0.1) is 11.3 Å². The number of nitrogens with one attached hydrogen (secondary N) is 1. The lowest BCUT2D eigenvalue weighted by Crippen LogP contribution is -2.39. The van der Waals surface area contributed by atoms with E-state index in [2.05, 4.69) is 24.4 Å². The molecule has 0 spiro atoms. The molecule has 1 aromatic rings. The molecule has 0 saturated carbocycles. The quantitative estimate of drug-likeness (QED) is 0.757. The summed E-state index contributed by atoms with van der Waals surface area (Å²) in [6.45, 7) is 4.88. The minimum Gasteiger partial charge on any atom is -0.469 e. The second-order valence-electron chi connectivity index (χ2n) is 5.02. The zero-order chi connectivity index (χ0) is 12.5. The average Bonchev–Trinajstić information content (AvgIpc) is 2.47. The van der Waals surface area contributed by atoms with Gasteiger partial charge < -0.3 is 10.1 Å². The molecule has 3 nitrogen and oxygen atoms in total. The van der Waals surface area contributed by atoms with E-state index in [1.807, 2.05) is 19.1 Å². The van der Waals surface area contributed by atoms with Crippen LogP contribution in [0.4, 0.5) is 5.69 Å². The third-order valence-corrected chi connectivity index (χ3v) is 3.91. The van der Waals surface area contributed by atoms with Crippen molar-refractivity contribution < 1.29 is 9.53 Å². The van der Waals surface area contributed by atoms with Crippen LogP contribution in [-0.2, 0) is 16.0 Å². The third-order valence-electron chi connectivity index (χ3n) is 3.91. The summed E-state index contributed by atoms with van der Waals surface area (Å²) >= 11 is 0. The number of esters is 1. The number of para-hydroxylation sites is 1. The van der Waals surface area contributed by atoms with E-state index in [-0.39, 0.29) is 11.9 Å². The van der Waals surface area contributed by atoms with Crippen molar-refractivity contribution >= 4 is 11.7 Å². The number of methoxy groups -OCH3 is 1. The summed E-state index contributed by atoms with van der Waals surface area (Å²) in [5.74, 6) is 0.117. The number of fused-ring (bicyclic) bond motifs is 1. The standard InChI is InChI=1S/C14H19NO2/c1-10-9-15-12-7-5-4-6-11(12)8-14(10,2)13(16)17-3/h4-7,10,15H,8-9H2,1-3H3/t10-,14?/m1/s1. The maximum atomic E-state index is 12.0. The van der Waals surface area contributed by atoms with Crippen LogP contribution in [0.3, 0.4) is 0 Å². The topological polar surface area (TPSA) is 38.3 Å². The number of benzene rings is 1. The zero-order valence-corrected chi connectivity index (χ0v) is 10.6. The maximum absolute atomic E-state index is 12.0. The number of carbonyl (C=O) groups is 1. The molecule has 0 aromatic heterocycles. The molecule has 92 valence electrons. The van der Waals surface area contributed by atoms with Gasteiger partial charge in [-0.25, -0.2) is 0 Å². The third kappa shape index (κ3) is 2.02. The van der Waals surface area contributed by atoms with Crippen LogP contribution < -0.4 is 5.32 Å². The molecule has 0 aliphatic carbocycles. The fourth-order valence-electron chi connectivity index (χ4n) is 2.41. The van der Waals surface area contributed by atoms with Crippen molar-refractivity contribution in [2.24, 2.45) is 11.3 Å². The maximum Gasteiger partial charge on any atom is 0.312 e. The summed E-state index contributed by atoms with van der Waals surface area (Å²) < 4.78 is 4.97. The van der Waals surface area contributed by atoms with Crippen LogP contribution in [-0.4, -0.2) is 19.6 Å². The van der Waals surface area contributed by atoms with Gasteiger partial charge in [0.15, 0.2) is 0 Å². The molecule has 17 heavy (non-hydrogen) atoms. The first-order valence-electron chi connectivity index (χ1n) is 5.98. The monoisotopic (exact) mass is 233 g/mol. The molecule has 1 aliphatic rings. The van der Waals surface area contributed by atoms with Gasteiger partial charge in [0, 0.05) is 12.2 Å². The highest BCUT2D eigenvalue weighted by Crippen LogP contribution is 2.37. The number of hydrogen-bond donors (Lipinski definition) is 1. The normalized spacial score (nSPS) is 27.6. The molecule has 1 unspecified atom stereocenters. The number of ether oxygens (including phenoxy) is 1. The molecule has 1 heterocycles. The molecule has 1 aromatic carbocycles. The van der Waals surface area contributed by atoms with Gasteiger partial charge >= 0.3 is 5.97 Å². The van der Waals surface area contributed by atoms with Crippen LogP contribution in [0.25, 0.3) is 0 Å². The number of rotatable bonds is 1. The van der Waals surface area contributed by atoms with Gasteiger partial charge in [0.25, 0.3) is 0 Å². The van der Waals surface area contributed by atoms with Gasteiger partial charge in [-0.2, -0.15) is 0 Å². The van der Waals surface area contributed by atoms with Crippen LogP contribution in [0.1, 0.15) is 19.4 Å². The molecule has 0 amide bonds. The minimum atomic E-state index is -0.450. The first kappa shape index (κ1) is 12.0. The van der Waals surface area contributed by atoms with E-state index in [1.54, 1.807) is 0 Å². The highest BCUT2D eigenvalue weighted by molar-refractivity contribution is 5.78. The molecule has 0 saturated heterocycles. The second kappa shape index (κ2) is 4.40. The SMILES string of the molecule is COC(=O)C1(C)Cc2ccccc2NC[C@H]1C. The summed E-state index contributed by atoms with van der Waals surface area (Å²) in [7, 11) is 1.46. The molecule has 2 rings (SSSR count). The molecule has 0 radical (unpaired) electrons. The van der Waals surface area contributed by atoms with Crippen LogP contribution in [0.15, 0.2) is 24.3 Å². The van der Waals surface area contributed by atoms with Crippen LogP contribution in [0.2, 0.25) is 0 Å². The highest BCUT2D eigenvalue weighted by atomic mass is 16.5. The van der Waals surface area contributed by atoms with Crippen molar-refractivity contribution in [2.45, 2.75) is 20.3 Å². The van der Waals surface area contributed by atoms with Crippen LogP contribution >= 0.6 is 0 Å². The summed E-state index contributed by atoms with van der Waals surface area (Å²) in [6, 6.07) is 8.15. The van der Waals surface area contributed by atoms with Crippen molar-refractivity contribution in [3.8, 4) is 0 Å². The predicted molar refractivity (Wildman–Crippen MR) is 67.9 cm³/mol. The Kier molecular flexibility index (Phi) is 3.09. The molecule has 1 N–H and O–H groups in total. The Balaban J connectivity index is 2.39. The molecule has 3 heteroatoms. The van der Waals surface area contributed by atoms with Gasteiger partial charge in [0.05, 0.1) is 12.5 Å². The van der Waals surface area contributed by atoms with E-state index in [9.17, 15) is 4.79 Å². The Bertz CT molecular complexity index is 430. The van der Waals surface area contributed by atoms with E-state index in [1.165, 1.54) is 12.7 Å². The first-order chi connectivity index (χ1) is 8.08. The van der Waals surface area contributed by atoms with Crippen molar-refractivity contribution in [1.82, 2.24) is 0 Å².